The first kappa shape index (κ1) is 11.1. The van der Waals surface area contributed by atoms with Gasteiger partial charge in [0.05, 0.1) is 12.0 Å². The van der Waals surface area contributed by atoms with Gasteiger partial charge >= 0.3 is 0 Å². The van der Waals surface area contributed by atoms with Gasteiger partial charge in [0.2, 0.25) is 5.91 Å². The van der Waals surface area contributed by atoms with Crippen molar-refractivity contribution in [3.8, 4) is 0 Å². The number of amides is 1. The van der Waals surface area contributed by atoms with E-state index in [1.54, 1.807) is 14.2 Å². The lowest BCUT2D eigenvalue weighted by Crippen LogP contribution is -2.35. The van der Waals surface area contributed by atoms with Gasteiger partial charge in [-0.2, -0.15) is 0 Å². The van der Waals surface area contributed by atoms with Crippen LogP contribution < -0.4 is 5.32 Å². The predicted octanol–water partition coefficient (Wildman–Crippen LogP) is 1.68. The van der Waals surface area contributed by atoms with Gasteiger partial charge in [0.1, 0.15) is 0 Å². The Bertz CT molecular complexity index is 389. The molecule has 1 aromatic carbocycles. The number of hydrogen-bond acceptors (Lipinski definition) is 2. The number of carbonyl (C=O) groups is 1. The zero-order chi connectivity index (χ0) is 11.5. The largest absolute Gasteiger partial charge is 0.376 e. The van der Waals surface area contributed by atoms with Crippen LogP contribution in [-0.4, -0.2) is 20.1 Å². The second-order valence-corrected chi connectivity index (χ2v) is 4.11. The molecule has 16 heavy (non-hydrogen) atoms. The molecule has 3 heteroatoms. The summed E-state index contributed by atoms with van der Waals surface area (Å²) in [6.45, 7) is 0. The number of methoxy groups -OCH3 is 1. The van der Waals surface area contributed by atoms with E-state index in [0.717, 1.165) is 18.4 Å². The standard InChI is InChI=1S/C13H17NO2/c1-14-13(15)11-8-7-9-5-3-4-6-10(9)12(11)16-2/h3-6,11-12H,7-8H2,1-2H3,(H,14,15). The third kappa shape index (κ3) is 1.83. The minimum atomic E-state index is -0.107. The summed E-state index contributed by atoms with van der Waals surface area (Å²) >= 11 is 0. The molecule has 0 aliphatic heterocycles. The molecule has 2 atom stereocenters. The van der Waals surface area contributed by atoms with E-state index in [1.165, 1.54) is 5.56 Å². The normalized spacial score (nSPS) is 23.6. The van der Waals surface area contributed by atoms with Gasteiger partial charge in [0.25, 0.3) is 0 Å². The summed E-state index contributed by atoms with van der Waals surface area (Å²) < 4.78 is 5.49. The number of nitrogens with one attached hydrogen (secondary N) is 1. The van der Waals surface area contributed by atoms with E-state index in [-0.39, 0.29) is 17.9 Å². The Labute approximate surface area is 95.8 Å². The van der Waals surface area contributed by atoms with E-state index >= 15 is 0 Å². The minimum absolute atomic E-state index is 0.0649. The van der Waals surface area contributed by atoms with Gasteiger partial charge in [0, 0.05) is 14.2 Å². The summed E-state index contributed by atoms with van der Waals surface area (Å²) in [4.78, 5) is 11.8. The van der Waals surface area contributed by atoms with Crippen LogP contribution in [0.3, 0.4) is 0 Å². The Morgan fingerprint density at radius 1 is 1.44 bits per heavy atom. The smallest absolute Gasteiger partial charge is 0.225 e. The highest BCUT2D eigenvalue weighted by atomic mass is 16.5. The maximum absolute atomic E-state index is 11.8. The molecule has 1 aliphatic rings. The number of benzene rings is 1. The molecule has 2 unspecified atom stereocenters. The lowest BCUT2D eigenvalue weighted by Gasteiger charge is -2.31. The van der Waals surface area contributed by atoms with Crippen molar-refractivity contribution >= 4 is 5.91 Å². The van der Waals surface area contributed by atoms with E-state index in [0.29, 0.717) is 0 Å². The van der Waals surface area contributed by atoms with Gasteiger partial charge < -0.3 is 10.1 Å². The Hall–Kier alpha value is -1.35. The van der Waals surface area contributed by atoms with Crippen molar-refractivity contribution in [1.29, 1.82) is 0 Å². The molecule has 0 heterocycles. The second kappa shape index (κ2) is 4.66. The fourth-order valence-electron chi connectivity index (χ4n) is 2.46. The molecule has 86 valence electrons. The van der Waals surface area contributed by atoms with Crippen LogP contribution in [0.1, 0.15) is 23.7 Å². The molecule has 1 aliphatic carbocycles. The van der Waals surface area contributed by atoms with E-state index < -0.39 is 0 Å². The average Bonchev–Trinajstić information content (AvgIpc) is 2.36. The highest BCUT2D eigenvalue weighted by Gasteiger charge is 2.33. The van der Waals surface area contributed by atoms with Crippen molar-refractivity contribution in [3.05, 3.63) is 35.4 Å². The monoisotopic (exact) mass is 219 g/mol. The lowest BCUT2D eigenvalue weighted by molar-refractivity contribution is -0.130. The van der Waals surface area contributed by atoms with Crippen LogP contribution >= 0.6 is 0 Å². The third-order valence-corrected chi connectivity index (χ3v) is 3.29. The lowest BCUT2D eigenvalue weighted by atomic mass is 9.81. The summed E-state index contributed by atoms with van der Waals surface area (Å²) in [7, 11) is 3.35. The van der Waals surface area contributed by atoms with Crippen LogP contribution in [0, 0.1) is 5.92 Å². The fourth-order valence-corrected chi connectivity index (χ4v) is 2.46. The highest BCUT2D eigenvalue weighted by molar-refractivity contribution is 5.79. The zero-order valence-electron chi connectivity index (χ0n) is 9.69. The van der Waals surface area contributed by atoms with Gasteiger partial charge in [-0.1, -0.05) is 24.3 Å². The van der Waals surface area contributed by atoms with Crippen molar-refractivity contribution in [3.63, 3.8) is 0 Å². The molecule has 0 saturated heterocycles. The van der Waals surface area contributed by atoms with E-state index in [4.69, 9.17) is 4.74 Å². The van der Waals surface area contributed by atoms with Gasteiger partial charge in [-0.05, 0) is 24.0 Å². The van der Waals surface area contributed by atoms with Crippen molar-refractivity contribution in [2.45, 2.75) is 18.9 Å². The van der Waals surface area contributed by atoms with Gasteiger partial charge in [-0.3, -0.25) is 4.79 Å². The minimum Gasteiger partial charge on any atom is -0.376 e. The van der Waals surface area contributed by atoms with Crippen molar-refractivity contribution in [1.82, 2.24) is 5.32 Å². The van der Waals surface area contributed by atoms with Crippen molar-refractivity contribution < 1.29 is 9.53 Å². The second-order valence-electron chi connectivity index (χ2n) is 4.11. The maximum Gasteiger partial charge on any atom is 0.225 e. The molecule has 0 fully saturated rings. The number of carbonyl (C=O) groups excluding carboxylic acids is 1. The molecule has 0 spiro atoms. The van der Waals surface area contributed by atoms with Crippen LogP contribution in [0.5, 0.6) is 0 Å². The Kier molecular flexibility index (Phi) is 3.25. The first-order chi connectivity index (χ1) is 7.77. The topological polar surface area (TPSA) is 38.3 Å². The predicted molar refractivity (Wildman–Crippen MR) is 62.1 cm³/mol. The van der Waals surface area contributed by atoms with Gasteiger partial charge in [-0.15, -0.1) is 0 Å². The SMILES string of the molecule is CNC(=O)C1CCc2ccccc2C1OC. The fraction of sp³-hybridized carbons (Fsp3) is 0.462. The zero-order valence-corrected chi connectivity index (χ0v) is 9.69. The third-order valence-electron chi connectivity index (χ3n) is 3.29. The molecule has 2 rings (SSSR count). The Morgan fingerprint density at radius 3 is 2.88 bits per heavy atom. The quantitative estimate of drug-likeness (QED) is 0.822. The number of aryl methyl sites for hydroxylation is 1. The van der Waals surface area contributed by atoms with E-state index in [9.17, 15) is 4.79 Å². The molecule has 0 saturated carbocycles. The van der Waals surface area contributed by atoms with E-state index in [1.807, 2.05) is 12.1 Å². The summed E-state index contributed by atoms with van der Waals surface area (Å²) in [6, 6.07) is 8.20. The van der Waals surface area contributed by atoms with Crippen molar-refractivity contribution in [2.75, 3.05) is 14.2 Å². The number of hydrogen-bond donors (Lipinski definition) is 1. The highest BCUT2D eigenvalue weighted by Crippen LogP contribution is 2.36. The molecule has 1 N–H and O–H groups in total. The number of ether oxygens (including phenoxy) is 1. The maximum atomic E-state index is 11.8. The van der Waals surface area contributed by atoms with Crippen LogP contribution in [0.4, 0.5) is 0 Å². The Morgan fingerprint density at radius 2 is 2.19 bits per heavy atom. The molecule has 3 nitrogen and oxygen atoms in total. The van der Waals surface area contributed by atoms with Crippen molar-refractivity contribution in [2.24, 2.45) is 5.92 Å². The first-order valence-corrected chi connectivity index (χ1v) is 5.60. The molecular formula is C13H17NO2. The molecule has 0 bridgehead atoms. The molecule has 1 aromatic rings. The van der Waals surface area contributed by atoms with E-state index in [2.05, 4.69) is 17.4 Å². The first-order valence-electron chi connectivity index (χ1n) is 5.60. The number of fused-ring (bicyclic) bond motifs is 1. The average molecular weight is 219 g/mol. The van der Waals surface area contributed by atoms with Gasteiger partial charge in [-0.25, -0.2) is 0 Å². The molecule has 0 aromatic heterocycles. The molecular weight excluding hydrogens is 202 g/mol. The summed E-state index contributed by atoms with van der Waals surface area (Å²) in [5.41, 5.74) is 2.46. The summed E-state index contributed by atoms with van der Waals surface area (Å²) in [6.07, 6.45) is 1.70. The van der Waals surface area contributed by atoms with Crippen LogP contribution in [0.2, 0.25) is 0 Å². The summed E-state index contributed by atoms with van der Waals surface area (Å²) in [5, 5.41) is 2.71. The van der Waals surface area contributed by atoms with Crippen LogP contribution in [-0.2, 0) is 16.0 Å². The molecule has 1 amide bonds. The van der Waals surface area contributed by atoms with Gasteiger partial charge in [0.15, 0.2) is 0 Å². The number of rotatable bonds is 2. The molecule has 0 radical (unpaired) electrons. The Balaban J connectivity index is 2.33. The summed E-state index contributed by atoms with van der Waals surface area (Å²) in [5.74, 6) is 0.00579. The van der Waals surface area contributed by atoms with Crippen LogP contribution in [0.25, 0.3) is 0 Å². The van der Waals surface area contributed by atoms with Crippen LogP contribution in [0.15, 0.2) is 24.3 Å².